The summed E-state index contributed by atoms with van der Waals surface area (Å²) < 4.78 is 75.2. The fourth-order valence-corrected chi connectivity index (χ4v) is 3.09. The number of ether oxygens (including phenoxy) is 14. The van der Waals surface area contributed by atoms with Crippen LogP contribution in [-0.4, -0.2) is 231 Å². The van der Waals surface area contributed by atoms with E-state index in [1.807, 2.05) is 0 Å². The fraction of sp³-hybridized carbons (Fsp3) is 0.842. The lowest BCUT2D eigenvalue weighted by Crippen LogP contribution is -2.15. The lowest BCUT2D eigenvalue weighted by atomic mass is 10.4. The van der Waals surface area contributed by atoms with Gasteiger partial charge in [-0.15, -0.1) is 0 Å². The largest absolute Gasteiger partial charge is 0.478 e. The Morgan fingerprint density at radius 2 is 0.379 bits per heavy atom. The van der Waals surface area contributed by atoms with Crippen molar-refractivity contribution in [1.82, 2.24) is 0 Å². The summed E-state index contributed by atoms with van der Waals surface area (Å²) in [6.45, 7) is 22.8. The third-order valence-electron chi connectivity index (χ3n) is 6.04. The molecule has 346 valence electrons. The molecule has 0 radical (unpaired) electrons. The van der Waals surface area contributed by atoms with Crippen molar-refractivity contribution in [3.05, 3.63) is 24.3 Å². The summed E-state index contributed by atoms with van der Waals surface area (Å²) in [5.74, 6) is -1.87. The second kappa shape index (κ2) is 54.8. The van der Waals surface area contributed by atoms with Crippen LogP contribution in [0.15, 0.2) is 24.3 Å². The second-order valence-electron chi connectivity index (χ2n) is 11.2. The molecule has 0 unspecified atom stereocenters. The predicted molar refractivity (Wildman–Crippen MR) is 211 cm³/mol. The van der Waals surface area contributed by atoms with Gasteiger partial charge in [0.25, 0.3) is 0 Å². The maximum Gasteiger partial charge on any atom is 0.330 e. The number of rotatable bonds is 45. The molecule has 0 aromatic heterocycles. The number of hydrogen-bond donors (Lipinski definition) is 4. The summed E-state index contributed by atoms with van der Waals surface area (Å²) in [5, 5.41) is 32.9. The molecular formula is C38H74O20. The van der Waals surface area contributed by atoms with Crippen molar-refractivity contribution in [3.63, 3.8) is 0 Å². The number of carboxylic acid groups (broad SMARTS) is 2. The number of aliphatic hydroxyl groups excluding tert-OH is 2. The van der Waals surface area contributed by atoms with Gasteiger partial charge in [-0.05, 0) is 13.8 Å². The Balaban J connectivity index is -0.00000217. The average Bonchev–Trinajstić information content (AvgIpc) is 3.20. The molecule has 0 aromatic rings. The Labute approximate surface area is 344 Å². The first-order chi connectivity index (χ1) is 28.2. The first-order valence-corrected chi connectivity index (χ1v) is 19.3. The highest BCUT2D eigenvalue weighted by molar-refractivity contribution is 5.85. The van der Waals surface area contributed by atoms with Gasteiger partial charge in [-0.3, -0.25) is 0 Å². The molecule has 0 atom stereocenters. The van der Waals surface area contributed by atoms with Crippen molar-refractivity contribution in [1.29, 1.82) is 0 Å². The van der Waals surface area contributed by atoms with E-state index in [0.717, 1.165) is 0 Å². The van der Waals surface area contributed by atoms with Crippen LogP contribution in [0.4, 0.5) is 0 Å². The van der Waals surface area contributed by atoms with Crippen molar-refractivity contribution in [3.8, 4) is 0 Å². The second-order valence-corrected chi connectivity index (χ2v) is 11.2. The van der Waals surface area contributed by atoms with Crippen molar-refractivity contribution in [2.24, 2.45) is 0 Å². The van der Waals surface area contributed by atoms with Crippen LogP contribution in [0.2, 0.25) is 0 Å². The van der Waals surface area contributed by atoms with Crippen LogP contribution in [0.5, 0.6) is 0 Å². The van der Waals surface area contributed by atoms with Crippen LogP contribution in [0, 0.1) is 0 Å². The maximum absolute atomic E-state index is 9.60. The van der Waals surface area contributed by atoms with Gasteiger partial charge in [-0.1, -0.05) is 13.2 Å². The molecule has 20 nitrogen and oxygen atoms in total. The average molecular weight is 851 g/mol. The molecular weight excluding hydrogens is 776 g/mol. The minimum absolute atomic E-state index is 0.0226. The summed E-state index contributed by atoms with van der Waals surface area (Å²) in [6, 6.07) is 0. The van der Waals surface area contributed by atoms with Gasteiger partial charge in [0.05, 0.1) is 198 Å². The van der Waals surface area contributed by atoms with E-state index in [4.69, 9.17) is 86.7 Å². The Kier molecular flexibility index (Phi) is 56.8. The summed E-state index contributed by atoms with van der Waals surface area (Å²) in [4.78, 5) is 19.2. The Morgan fingerprint density at radius 1 is 0.293 bits per heavy atom. The van der Waals surface area contributed by atoms with Gasteiger partial charge in [0, 0.05) is 11.1 Å². The highest BCUT2D eigenvalue weighted by Crippen LogP contribution is 1.88. The first-order valence-electron chi connectivity index (χ1n) is 19.3. The highest BCUT2D eigenvalue weighted by Gasteiger charge is 1.97. The number of aliphatic hydroxyl groups is 2. The smallest absolute Gasteiger partial charge is 0.330 e. The molecule has 0 aliphatic rings. The number of carbonyl (C=O) groups is 2. The molecule has 0 amide bonds. The van der Waals surface area contributed by atoms with E-state index in [0.29, 0.717) is 185 Å². The van der Waals surface area contributed by atoms with Gasteiger partial charge in [-0.25, -0.2) is 9.59 Å². The molecule has 0 spiro atoms. The van der Waals surface area contributed by atoms with Crippen LogP contribution in [0.1, 0.15) is 13.8 Å². The van der Waals surface area contributed by atoms with E-state index in [2.05, 4.69) is 13.2 Å². The number of hydrogen-bond acceptors (Lipinski definition) is 18. The molecule has 0 saturated heterocycles. The minimum Gasteiger partial charge on any atom is -0.478 e. The molecule has 0 saturated carbocycles. The van der Waals surface area contributed by atoms with Crippen molar-refractivity contribution in [2.45, 2.75) is 13.8 Å². The molecule has 58 heavy (non-hydrogen) atoms. The van der Waals surface area contributed by atoms with Crippen molar-refractivity contribution in [2.75, 3.05) is 198 Å². The van der Waals surface area contributed by atoms with Gasteiger partial charge < -0.3 is 86.7 Å². The molecule has 0 aromatic carbocycles. The zero-order valence-corrected chi connectivity index (χ0v) is 34.9. The van der Waals surface area contributed by atoms with Gasteiger partial charge in [-0.2, -0.15) is 0 Å². The van der Waals surface area contributed by atoms with E-state index in [1.165, 1.54) is 13.8 Å². The predicted octanol–water partition coefficient (Wildman–Crippen LogP) is 0.498. The van der Waals surface area contributed by atoms with Crippen LogP contribution < -0.4 is 0 Å². The first kappa shape index (κ1) is 60.1. The molecule has 0 bridgehead atoms. The monoisotopic (exact) mass is 850 g/mol. The molecule has 20 heteroatoms. The Morgan fingerprint density at radius 3 is 0.448 bits per heavy atom. The maximum atomic E-state index is 9.60. The van der Waals surface area contributed by atoms with E-state index >= 15 is 0 Å². The summed E-state index contributed by atoms with van der Waals surface area (Å²) in [5.41, 5.74) is 0.352. The zero-order valence-electron chi connectivity index (χ0n) is 34.9. The van der Waals surface area contributed by atoms with E-state index in [-0.39, 0.29) is 24.4 Å². The van der Waals surface area contributed by atoms with E-state index in [9.17, 15) is 9.59 Å². The van der Waals surface area contributed by atoms with E-state index < -0.39 is 11.9 Å². The molecule has 0 aliphatic heterocycles. The Hall–Kier alpha value is -2.22. The summed E-state index contributed by atoms with van der Waals surface area (Å²) >= 11 is 0. The summed E-state index contributed by atoms with van der Waals surface area (Å²) in [6.07, 6.45) is 0. The van der Waals surface area contributed by atoms with Crippen LogP contribution >= 0.6 is 0 Å². The highest BCUT2D eigenvalue weighted by atomic mass is 16.6. The molecule has 0 aliphatic carbocycles. The normalized spacial score (nSPS) is 10.8. The number of carboxylic acids is 2. The number of aliphatic carboxylic acids is 2. The zero-order chi connectivity index (χ0) is 43.4. The van der Waals surface area contributed by atoms with Crippen LogP contribution in [0.3, 0.4) is 0 Å². The quantitative estimate of drug-likeness (QED) is 0.0481. The Bertz CT molecular complexity index is 774. The third kappa shape index (κ3) is 63.0. The molecule has 0 fully saturated rings. The lowest BCUT2D eigenvalue weighted by Gasteiger charge is -2.09. The van der Waals surface area contributed by atoms with Gasteiger partial charge in [0.15, 0.2) is 0 Å². The molecule has 0 rings (SSSR count). The minimum atomic E-state index is -0.935. The van der Waals surface area contributed by atoms with Crippen molar-refractivity contribution < 1.29 is 96.3 Å². The van der Waals surface area contributed by atoms with Crippen LogP contribution in [0.25, 0.3) is 0 Å². The fourth-order valence-electron chi connectivity index (χ4n) is 3.09. The lowest BCUT2D eigenvalue weighted by molar-refractivity contribution is -0.133. The molecule has 4 N–H and O–H groups in total. The summed E-state index contributed by atoms with van der Waals surface area (Å²) in [7, 11) is 0. The van der Waals surface area contributed by atoms with Crippen LogP contribution in [-0.2, 0) is 75.9 Å². The van der Waals surface area contributed by atoms with Gasteiger partial charge in [0.2, 0.25) is 0 Å². The molecule has 0 heterocycles. The van der Waals surface area contributed by atoms with Gasteiger partial charge >= 0.3 is 11.9 Å². The topological polar surface area (TPSA) is 244 Å². The third-order valence-corrected chi connectivity index (χ3v) is 6.04. The van der Waals surface area contributed by atoms with Crippen molar-refractivity contribution >= 4 is 11.9 Å². The standard InChI is InChI=1S/C30H62O16.2C4H6O2/c31-1-3-33-5-7-35-9-11-37-13-15-39-17-19-41-21-23-43-25-27-45-29-30-46-28-26-44-24-22-42-20-18-40-16-14-38-12-10-36-8-6-34-4-2-32;2*1-3(2)4(5)6/h31-32H,1-30H2;2*1H2,2H3,(H,5,6). The van der Waals surface area contributed by atoms with E-state index in [1.54, 1.807) is 0 Å². The SMILES string of the molecule is C=C(C)C(=O)O.C=C(C)C(=O)O.OCCOCCOCCOCCOCCOCCOCCOCCOCCOCCOCCOCCOCCOCCOCCO. The van der Waals surface area contributed by atoms with Gasteiger partial charge in [0.1, 0.15) is 0 Å².